The molecule has 4 rings (SSSR count). The van der Waals surface area contributed by atoms with Crippen molar-refractivity contribution in [2.24, 2.45) is 0 Å². The molecular weight excluding hydrogens is 414 g/mol. The van der Waals surface area contributed by atoms with E-state index in [0.717, 1.165) is 28.6 Å². The van der Waals surface area contributed by atoms with Crippen molar-refractivity contribution in [2.45, 2.75) is 39.2 Å². The highest BCUT2D eigenvalue weighted by Crippen LogP contribution is 2.38. The number of nitrogens with one attached hydrogen (secondary N) is 1. The Morgan fingerprint density at radius 3 is 2.59 bits per heavy atom. The molecule has 0 saturated carbocycles. The molecule has 166 valence electrons. The SMILES string of the molecule is CCC1CN(C(=O)c2ccc(F)c(F)c2)C=C(C(=O)OC(C)C)c2[nH]c3ccccc3c21. The minimum absolute atomic E-state index is 0.00185. The molecular formula is C25H24F2N2O3. The molecule has 1 aliphatic heterocycles. The Bertz CT molecular complexity index is 1230. The molecule has 0 fully saturated rings. The number of amides is 1. The van der Waals surface area contributed by atoms with Crippen LogP contribution < -0.4 is 0 Å². The first-order valence-electron chi connectivity index (χ1n) is 10.6. The quantitative estimate of drug-likeness (QED) is 0.556. The van der Waals surface area contributed by atoms with Gasteiger partial charge >= 0.3 is 5.97 Å². The number of H-pyrrole nitrogens is 1. The summed E-state index contributed by atoms with van der Waals surface area (Å²) in [6.45, 7) is 5.79. The summed E-state index contributed by atoms with van der Waals surface area (Å²) in [6, 6.07) is 10.8. The van der Waals surface area contributed by atoms with Gasteiger partial charge in [-0.25, -0.2) is 13.6 Å². The number of fused-ring (bicyclic) bond motifs is 3. The number of ether oxygens (including phenoxy) is 1. The number of para-hydroxylation sites is 1. The molecule has 1 aromatic heterocycles. The number of hydrogen-bond acceptors (Lipinski definition) is 3. The lowest BCUT2D eigenvalue weighted by atomic mass is 9.92. The number of benzene rings is 2. The number of hydrogen-bond donors (Lipinski definition) is 1. The Balaban J connectivity index is 1.86. The molecule has 0 aliphatic carbocycles. The first-order chi connectivity index (χ1) is 15.3. The van der Waals surface area contributed by atoms with Crippen LogP contribution in [-0.2, 0) is 9.53 Å². The smallest absolute Gasteiger partial charge is 0.342 e. The van der Waals surface area contributed by atoms with Gasteiger partial charge < -0.3 is 14.6 Å². The minimum Gasteiger partial charge on any atom is -0.459 e. The molecule has 0 bridgehead atoms. The highest BCUT2D eigenvalue weighted by molar-refractivity contribution is 6.18. The summed E-state index contributed by atoms with van der Waals surface area (Å²) < 4.78 is 32.6. The van der Waals surface area contributed by atoms with Crippen molar-refractivity contribution in [1.82, 2.24) is 9.88 Å². The van der Waals surface area contributed by atoms with Crippen LogP contribution in [0.3, 0.4) is 0 Å². The zero-order valence-corrected chi connectivity index (χ0v) is 18.1. The summed E-state index contributed by atoms with van der Waals surface area (Å²) in [7, 11) is 0. The lowest BCUT2D eigenvalue weighted by Crippen LogP contribution is -2.30. The molecule has 3 aromatic rings. The molecule has 1 unspecified atom stereocenters. The molecule has 2 aromatic carbocycles. The third-order valence-corrected chi connectivity index (χ3v) is 5.61. The summed E-state index contributed by atoms with van der Waals surface area (Å²) in [6.07, 6.45) is 1.81. The molecule has 0 saturated heterocycles. The summed E-state index contributed by atoms with van der Waals surface area (Å²) in [5.41, 5.74) is 2.67. The Hall–Kier alpha value is -3.48. The fourth-order valence-corrected chi connectivity index (χ4v) is 4.10. The van der Waals surface area contributed by atoms with E-state index in [2.05, 4.69) is 4.98 Å². The fourth-order valence-electron chi connectivity index (χ4n) is 4.10. The van der Waals surface area contributed by atoms with Crippen LogP contribution >= 0.6 is 0 Å². The van der Waals surface area contributed by atoms with Gasteiger partial charge in [0.05, 0.1) is 17.4 Å². The zero-order valence-electron chi connectivity index (χ0n) is 18.1. The predicted molar refractivity (Wildman–Crippen MR) is 118 cm³/mol. The van der Waals surface area contributed by atoms with Crippen molar-refractivity contribution < 1.29 is 23.1 Å². The predicted octanol–water partition coefficient (Wildman–Crippen LogP) is 5.39. The van der Waals surface area contributed by atoms with Crippen LogP contribution in [0.15, 0.2) is 48.7 Å². The number of esters is 1. The Morgan fingerprint density at radius 2 is 1.91 bits per heavy atom. The van der Waals surface area contributed by atoms with E-state index in [4.69, 9.17) is 4.74 Å². The van der Waals surface area contributed by atoms with Gasteiger partial charge in [-0.3, -0.25) is 4.79 Å². The zero-order chi connectivity index (χ0) is 23.0. The van der Waals surface area contributed by atoms with Gasteiger partial charge in [-0.15, -0.1) is 0 Å². The number of carbonyl (C=O) groups excluding carboxylic acids is 2. The van der Waals surface area contributed by atoms with Crippen LogP contribution in [0.2, 0.25) is 0 Å². The second-order valence-corrected chi connectivity index (χ2v) is 8.15. The van der Waals surface area contributed by atoms with E-state index in [0.29, 0.717) is 12.1 Å². The van der Waals surface area contributed by atoms with E-state index in [9.17, 15) is 18.4 Å². The number of aromatic amines is 1. The van der Waals surface area contributed by atoms with Crippen molar-refractivity contribution in [2.75, 3.05) is 6.54 Å². The van der Waals surface area contributed by atoms with E-state index in [1.54, 1.807) is 13.8 Å². The first-order valence-corrected chi connectivity index (χ1v) is 10.6. The fraction of sp³-hybridized carbons (Fsp3) is 0.280. The molecule has 1 N–H and O–H groups in total. The van der Waals surface area contributed by atoms with Crippen LogP contribution in [0.25, 0.3) is 16.5 Å². The summed E-state index contributed by atoms with van der Waals surface area (Å²) in [5.74, 6) is -3.30. The molecule has 7 heteroatoms. The highest BCUT2D eigenvalue weighted by atomic mass is 19.2. The van der Waals surface area contributed by atoms with Gasteiger partial charge in [0.15, 0.2) is 11.6 Å². The lowest BCUT2D eigenvalue weighted by molar-refractivity contribution is -0.140. The van der Waals surface area contributed by atoms with Gasteiger partial charge in [0.1, 0.15) is 0 Å². The molecule has 1 amide bonds. The lowest BCUT2D eigenvalue weighted by Gasteiger charge is -2.23. The van der Waals surface area contributed by atoms with E-state index >= 15 is 0 Å². The Morgan fingerprint density at radius 1 is 1.16 bits per heavy atom. The van der Waals surface area contributed by atoms with Crippen LogP contribution in [0.4, 0.5) is 8.78 Å². The van der Waals surface area contributed by atoms with E-state index < -0.39 is 23.5 Å². The number of halogens is 2. The van der Waals surface area contributed by atoms with Gasteiger partial charge in [0.25, 0.3) is 5.91 Å². The molecule has 1 atom stereocenters. The largest absolute Gasteiger partial charge is 0.459 e. The van der Waals surface area contributed by atoms with E-state index in [-0.39, 0.29) is 29.7 Å². The maximum Gasteiger partial charge on any atom is 0.342 e. The molecule has 32 heavy (non-hydrogen) atoms. The third-order valence-electron chi connectivity index (χ3n) is 5.61. The van der Waals surface area contributed by atoms with Crippen LogP contribution in [0.5, 0.6) is 0 Å². The molecule has 5 nitrogen and oxygen atoms in total. The summed E-state index contributed by atoms with van der Waals surface area (Å²) in [5, 5.41) is 0.972. The van der Waals surface area contributed by atoms with E-state index in [1.165, 1.54) is 17.2 Å². The number of nitrogens with zero attached hydrogens (tertiary/aromatic N) is 1. The van der Waals surface area contributed by atoms with Gasteiger partial charge in [-0.05, 0) is 50.1 Å². The van der Waals surface area contributed by atoms with Gasteiger partial charge in [0.2, 0.25) is 0 Å². The van der Waals surface area contributed by atoms with Gasteiger partial charge in [-0.2, -0.15) is 0 Å². The van der Waals surface area contributed by atoms with Crippen molar-refractivity contribution >= 4 is 28.4 Å². The molecule has 1 aliphatic rings. The maximum absolute atomic E-state index is 13.8. The third kappa shape index (κ3) is 3.90. The summed E-state index contributed by atoms with van der Waals surface area (Å²) in [4.78, 5) is 31.0. The normalized spacial score (nSPS) is 16.0. The standard InChI is InChI=1S/C25H24F2N2O3/c1-4-15-12-29(24(30)16-9-10-19(26)20(27)11-16)13-18(25(31)32-14(2)3)23-22(15)17-7-5-6-8-21(17)28-23/h5-11,13-15,28H,4,12H2,1-3H3. The van der Waals surface area contributed by atoms with Gasteiger partial charge in [-0.1, -0.05) is 25.1 Å². The summed E-state index contributed by atoms with van der Waals surface area (Å²) >= 11 is 0. The molecule has 0 radical (unpaired) electrons. The van der Waals surface area contributed by atoms with Crippen molar-refractivity contribution in [3.05, 3.63) is 77.1 Å². The molecule has 2 heterocycles. The average Bonchev–Trinajstić information content (AvgIpc) is 3.05. The number of rotatable bonds is 4. The minimum atomic E-state index is -1.10. The van der Waals surface area contributed by atoms with Crippen LogP contribution in [-0.4, -0.2) is 34.4 Å². The number of aromatic nitrogens is 1. The van der Waals surface area contributed by atoms with Crippen molar-refractivity contribution in [3.63, 3.8) is 0 Å². The van der Waals surface area contributed by atoms with E-state index in [1.807, 2.05) is 31.2 Å². The van der Waals surface area contributed by atoms with Crippen LogP contribution in [0.1, 0.15) is 54.7 Å². The second kappa shape index (κ2) is 8.57. The average molecular weight is 438 g/mol. The highest BCUT2D eigenvalue weighted by Gasteiger charge is 2.32. The Labute approximate surface area is 184 Å². The maximum atomic E-state index is 13.8. The van der Waals surface area contributed by atoms with Crippen molar-refractivity contribution in [3.8, 4) is 0 Å². The van der Waals surface area contributed by atoms with Gasteiger partial charge in [0, 0.05) is 35.1 Å². The number of carbonyl (C=O) groups is 2. The Kier molecular flexibility index (Phi) is 5.82. The molecule has 0 spiro atoms. The monoisotopic (exact) mass is 438 g/mol. The van der Waals surface area contributed by atoms with Crippen molar-refractivity contribution in [1.29, 1.82) is 0 Å². The van der Waals surface area contributed by atoms with Crippen LogP contribution in [0, 0.1) is 11.6 Å². The second-order valence-electron chi connectivity index (χ2n) is 8.15. The topological polar surface area (TPSA) is 62.4 Å². The first kappa shape index (κ1) is 21.7.